The fraction of sp³-hybridized carbons (Fsp3) is 0.387. The second kappa shape index (κ2) is 11.4. The van der Waals surface area contributed by atoms with Crippen LogP contribution in [0.25, 0.3) is 0 Å². The molecule has 2 aliphatic rings. The number of sulfone groups is 1. The molecule has 3 aromatic rings. The normalized spacial score (nSPS) is 20.7. The smallest absolute Gasteiger partial charge is 0.257 e. The number of aliphatic hydroxyl groups is 2. The maximum absolute atomic E-state index is 16.5. The number of fused-ring (bicyclic) bond motifs is 1. The number of carbonyl (C=O) groups excluding carboxylic acids is 1. The lowest BCUT2D eigenvalue weighted by Gasteiger charge is -2.40. The number of rotatable bonds is 11. The summed E-state index contributed by atoms with van der Waals surface area (Å²) in [6, 6.07) is 13.3. The highest BCUT2D eigenvalue weighted by Crippen LogP contribution is 2.52. The number of methoxy groups -OCH3 is 1. The van der Waals surface area contributed by atoms with E-state index in [1.807, 2.05) is 0 Å². The number of amides is 1. The SMILES string of the molecule is COCC(C)(O)c1cc(F)c2c(c1)C(=O)N(Cc1ccc(Cl)cc1S(C)(=O)=O)[C@@]2(OCC1(CO)CC1)c1ccc(Cl)cc1. The molecule has 1 heterocycles. The zero-order chi connectivity index (χ0) is 31.4. The van der Waals surface area contributed by atoms with Gasteiger partial charge in [-0.2, -0.15) is 0 Å². The van der Waals surface area contributed by atoms with E-state index in [4.69, 9.17) is 32.7 Å². The van der Waals surface area contributed by atoms with Gasteiger partial charge in [-0.25, -0.2) is 12.8 Å². The summed E-state index contributed by atoms with van der Waals surface area (Å²) in [5.41, 5.74) is -3.52. The quantitative estimate of drug-likeness (QED) is 0.299. The Balaban J connectivity index is 1.78. The number of aliphatic hydroxyl groups excluding tert-OH is 1. The summed E-state index contributed by atoms with van der Waals surface area (Å²) in [5.74, 6) is -1.47. The molecule has 2 atom stereocenters. The monoisotopic (exact) mass is 651 g/mol. The van der Waals surface area contributed by atoms with Crippen molar-refractivity contribution < 1.29 is 37.3 Å². The van der Waals surface area contributed by atoms with Crippen LogP contribution < -0.4 is 0 Å². The predicted molar refractivity (Wildman–Crippen MR) is 159 cm³/mol. The van der Waals surface area contributed by atoms with Crippen LogP contribution in [-0.2, 0) is 37.2 Å². The van der Waals surface area contributed by atoms with E-state index < -0.39 is 38.3 Å². The number of hydrogen-bond donors (Lipinski definition) is 2. The van der Waals surface area contributed by atoms with Gasteiger partial charge in [-0.15, -0.1) is 0 Å². The average molecular weight is 653 g/mol. The minimum atomic E-state index is -3.79. The van der Waals surface area contributed by atoms with Crippen molar-refractivity contribution >= 4 is 38.9 Å². The summed E-state index contributed by atoms with van der Waals surface area (Å²) in [6.07, 6.45) is 2.39. The van der Waals surface area contributed by atoms with Crippen molar-refractivity contribution in [1.29, 1.82) is 0 Å². The molecule has 1 saturated carbocycles. The first kappa shape index (κ1) is 31.8. The van der Waals surface area contributed by atoms with E-state index >= 15 is 4.39 Å². The average Bonchev–Trinajstić information content (AvgIpc) is 3.69. The van der Waals surface area contributed by atoms with E-state index in [0.717, 1.165) is 12.3 Å². The molecule has 0 aromatic heterocycles. The number of ether oxygens (including phenoxy) is 2. The van der Waals surface area contributed by atoms with Gasteiger partial charge in [-0.05, 0) is 67.3 Å². The summed E-state index contributed by atoms with van der Waals surface area (Å²) in [6.45, 7) is 0.801. The predicted octanol–water partition coefficient (Wildman–Crippen LogP) is 5.04. The molecule has 0 bridgehead atoms. The van der Waals surface area contributed by atoms with Gasteiger partial charge in [0.25, 0.3) is 5.91 Å². The zero-order valence-electron chi connectivity index (χ0n) is 23.9. The lowest BCUT2D eigenvalue weighted by atomic mass is 9.88. The number of carbonyl (C=O) groups is 1. The molecule has 1 unspecified atom stereocenters. The van der Waals surface area contributed by atoms with Gasteiger partial charge < -0.3 is 19.7 Å². The Labute approximate surface area is 259 Å². The lowest BCUT2D eigenvalue weighted by molar-refractivity contribution is -0.130. The van der Waals surface area contributed by atoms with Crippen LogP contribution in [0.1, 0.15) is 52.4 Å². The third kappa shape index (κ3) is 5.82. The molecule has 0 saturated heterocycles. The molecule has 43 heavy (non-hydrogen) atoms. The topological polar surface area (TPSA) is 113 Å². The second-order valence-electron chi connectivity index (χ2n) is 11.6. The summed E-state index contributed by atoms with van der Waals surface area (Å²) in [5, 5.41) is 21.7. The summed E-state index contributed by atoms with van der Waals surface area (Å²) in [4.78, 5) is 15.6. The van der Waals surface area contributed by atoms with Gasteiger partial charge in [0.2, 0.25) is 0 Å². The van der Waals surface area contributed by atoms with E-state index in [2.05, 4.69) is 0 Å². The van der Waals surface area contributed by atoms with Gasteiger partial charge in [-0.1, -0.05) is 41.4 Å². The first-order chi connectivity index (χ1) is 20.2. The van der Waals surface area contributed by atoms with Gasteiger partial charge >= 0.3 is 0 Å². The highest BCUT2D eigenvalue weighted by Gasteiger charge is 2.56. The number of hydrogen-bond acceptors (Lipinski definition) is 7. The van der Waals surface area contributed by atoms with Crippen LogP contribution >= 0.6 is 23.2 Å². The van der Waals surface area contributed by atoms with Crippen LogP contribution in [0.4, 0.5) is 4.39 Å². The zero-order valence-corrected chi connectivity index (χ0v) is 26.2. The number of nitrogens with zero attached hydrogens (tertiary/aromatic N) is 1. The van der Waals surface area contributed by atoms with Crippen molar-refractivity contribution in [3.8, 4) is 0 Å². The van der Waals surface area contributed by atoms with Crippen LogP contribution in [0.15, 0.2) is 59.5 Å². The highest BCUT2D eigenvalue weighted by molar-refractivity contribution is 7.90. The minimum absolute atomic E-state index is 0.0164. The van der Waals surface area contributed by atoms with Gasteiger partial charge in [-0.3, -0.25) is 9.69 Å². The Morgan fingerprint density at radius 2 is 1.72 bits per heavy atom. The molecular formula is C31H32Cl2FNO7S. The molecule has 1 aliphatic carbocycles. The Hall–Kier alpha value is -2.57. The minimum Gasteiger partial charge on any atom is -0.396 e. The van der Waals surface area contributed by atoms with Crippen molar-refractivity contribution in [2.45, 2.75) is 42.5 Å². The molecule has 1 fully saturated rings. The van der Waals surface area contributed by atoms with E-state index in [0.29, 0.717) is 23.4 Å². The Morgan fingerprint density at radius 1 is 1.07 bits per heavy atom. The molecule has 0 radical (unpaired) electrons. The van der Waals surface area contributed by atoms with Gasteiger partial charge in [0, 0.05) is 34.4 Å². The maximum atomic E-state index is 16.5. The number of benzene rings is 3. The molecule has 12 heteroatoms. The summed E-state index contributed by atoms with van der Waals surface area (Å²) in [7, 11) is -2.40. The van der Waals surface area contributed by atoms with Crippen molar-refractivity contribution in [3.63, 3.8) is 0 Å². The fourth-order valence-corrected chi connectivity index (χ4v) is 6.88. The Kier molecular flexibility index (Phi) is 8.45. The standard InChI is InChI=1S/C31H32Cl2FNO7S/c1-29(38,17-41-2)21-12-24-27(25(34)13-21)31(20-5-8-22(32)9-6-20,42-18-30(16-36)10-11-30)35(28(24)37)15-19-4-7-23(33)14-26(19)43(3,39)40/h4-9,12-14,36,38H,10-11,15-18H2,1-3H3/t29?,31-/m1/s1. The lowest BCUT2D eigenvalue weighted by Crippen LogP contribution is -2.48. The molecule has 8 nitrogen and oxygen atoms in total. The van der Waals surface area contributed by atoms with Crippen molar-refractivity contribution in [2.75, 3.05) is 33.2 Å². The first-order valence-electron chi connectivity index (χ1n) is 13.5. The van der Waals surface area contributed by atoms with Crippen LogP contribution in [0.2, 0.25) is 10.0 Å². The van der Waals surface area contributed by atoms with Crippen LogP contribution in [0.3, 0.4) is 0 Å². The van der Waals surface area contributed by atoms with Gasteiger partial charge in [0.15, 0.2) is 15.6 Å². The van der Waals surface area contributed by atoms with Crippen LogP contribution in [0, 0.1) is 11.2 Å². The van der Waals surface area contributed by atoms with Crippen molar-refractivity contribution in [2.24, 2.45) is 5.41 Å². The van der Waals surface area contributed by atoms with Crippen LogP contribution in [-0.4, -0.2) is 62.6 Å². The Bertz CT molecular complexity index is 1680. The van der Waals surface area contributed by atoms with E-state index in [9.17, 15) is 23.4 Å². The third-order valence-corrected chi connectivity index (χ3v) is 9.87. The van der Waals surface area contributed by atoms with Crippen molar-refractivity contribution in [3.05, 3.63) is 98.3 Å². The largest absolute Gasteiger partial charge is 0.396 e. The van der Waals surface area contributed by atoms with Gasteiger partial charge in [0.1, 0.15) is 11.4 Å². The highest BCUT2D eigenvalue weighted by atomic mass is 35.5. The molecular weight excluding hydrogens is 620 g/mol. The molecule has 0 spiro atoms. The van der Waals surface area contributed by atoms with Gasteiger partial charge in [0.05, 0.1) is 42.4 Å². The third-order valence-electron chi connectivity index (χ3n) is 8.20. The molecule has 5 rings (SSSR count). The number of halogens is 3. The molecule has 1 aliphatic heterocycles. The first-order valence-corrected chi connectivity index (χ1v) is 16.2. The van der Waals surface area contributed by atoms with Crippen LogP contribution in [0.5, 0.6) is 0 Å². The second-order valence-corrected chi connectivity index (χ2v) is 14.5. The van der Waals surface area contributed by atoms with E-state index in [-0.39, 0.29) is 58.5 Å². The summed E-state index contributed by atoms with van der Waals surface area (Å²) < 4.78 is 53.8. The molecule has 2 N–H and O–H groups in total. The maximum Gasteiger partial charge on any atom is 0.257 e. The van der Waals surface area contributed by atoms with E-state index in [1.54, 1.807) is 24.3 Å². The molecule has 1 amide bonds. The Morgan fingerprint density at radius 3 is 2.30 bits per heavy atom. The van der Waals surface area contributed by atoms with E-state index in [1.165, 1.54) is 43.2 Å². The molecule has 3 aromatic carbocycles. The van der Waals surface area contributed by atoms with Crippen molar-refractivity contribution in [1.82, 2.24) is 4.90 Å². The summed E-state index contributed by atoms with van der Waals surface area (Å²) >= 11 is 12.4. The molecule has 230 valence electrons. The fourth-order valence-electron chi connectivity index (χ4n) is 5.57.